The van der Waals surface area contributed by atoms with Gasteiger partial charge in [0.1, 0.15) is 0 Å². The van der Waals surface area contributed by atoms with Crippen molar-refractivity contribution in [2.24, 2.45) is 5.92 Å². The predicted molar refractivity (Wildman–Crippen MR) is 89.2 cm³/mol. The zero-order valence-electron chi connectivity index (χ0n) is 14.4. The maximum absolute atomic E-state index is 12.2. The summed E-state index contributed by atoms with van der Waals surface area (Å²) >= 11 is 0. The summed E-state index contributed by atoms with van der Waals surface area (Å²) in [5.41, 5.74) is 0. The second-order valence-electron chi connectivity index (χ2n) is 6.41. The van der Waals surface area contributed by atoms with Gasteiger partial charge in [-0.15, -0.1) is 0 Å². The summed E-state index contributed by atoms with van der Waals surface area (Å²) in [5, 5.41) is 0. The lowest BCUT2D eigenvalue weighted by atomic mass is 10.1. The minimum Gasteiger partial charge on any atom is -0.340 e. The monoisotopic (exact) mass is 333 g/mol. The summed E-state index contributed by atoms with van der Waals surface area (Å²) < 4.78 is 25.1. The Bertz CT molecular complexity index is 443. The molecule has 0 unspecified atom stereocenters. The Labute approximate surface area is 135 Å². The highest BCUT2D eigenvalue weighted by Gasteiger charge is 2.23. The average Bonchev–Trinajstić information content (AvgIpc) is 2.45. The molecule has 22 heavy (non-hydrogen) atoms. The number of likely N-dealkylation sites (N-methyl/N-ethyl adjacent to an activating group) is 1. The molecule has 7 heteroatoms. The van der Waals surface area contributed by atoms with Crippen molar-refractivity contribution in [1.82, 2.24) is 14.1 Å². The van der Waals surface area contributed by atoms with Gasteiger partial charge in [-0.3, -0.25) is 4.79 Å². The second-order valence-corrected chi connectivity index (χ2v) is 8.39. The number of nitrogens with zero attached hydrogens (tertiary/aromatic N) is 3. The van der Waals surface area contributed by atoms with Crippen LogP contribution in [0.4, 0.5) is 0 Å². The van der Waals surface area contributed by atoms with Crippen molar-refractivity contribution >= 4 is 15.9 Å². The topological polar surface area (TPSA) is 60.9 Å². The Balaban J connectivity index is 2.45. The lowest BCUT2D eigenvalue weighted by molar-refractivity contribution is -0.133. The van der Waals surface area contributed by atoms with E-state index >= 15 is 0 Å². The predicted octanol–water partition coefficient (Wildman–Crippen LogP) is 0.848. The van der Waals surface area contributed by atoms with Crippen LogP contribution >= 0.6 is 0 Å². The first-order valence-corrected chi connectivity index (χ1v) is 10.0. The third-order valence-corrected chi connectivity index (χ3v) is 5.48. The van der Waals surface area contributed by atoms with Gasteiger partial charge in [0, 0.05) is 45.7 Å². The third-order valence-electron chi connectivity index (χ3n) is 4.17. The molecule has 0 saturated carbocycles. The van der Waals surface area contributed by atoms with Crippen molar-refractivity contribution in [3.8, 4) is 0 Å². The number of carbonyl (C=O) groups is 1. The van der Waals surface area contributed by atoms with Gasteiger partial charge in [0.15, 0.2) is 0 Å². The molecule has 0 aromatic heterocycles. The molecule has 0 N–H and O–H groups in total. The van der Waals surface area contributed by atoms with Crippen LogP contribution in [-0.2, 0) is 14.8 Å². The molecule has 1 heterocycles. The molecule has 130 valence electrons. The van der Waals surface area contributed by atoms with E-state index in [1.165, 1.54) is 10.6 Å². The van der Waals surface area contributed by atoms with Gasteiger partial charge < -0.3 is 9.80 Å². The standard InChI is InChI=1S/C15H31N3O3S/c1-5-16-10-12-17(13-11-16)15(19)7-9-18(22(4,20)21)8-6-14(2)3/h14H,5-13H2,1-4H3. The second kappa shape index (κ2) is 8.84. The van der Waals surface area contributed by atoms with Gasteiger partial charge >= 0.3 is 0 Å². The van der Waals surface area contributed by atoms with Crippen LogP contribution in [0.15, 0.2) is 0 Å². The number of hydrogen-bond donors (Lipinski definition) is 0. The number of amides is 1. The summed E-state index contributed by atoms with van der Waals surface area (Å²) in [7, 11) is -3.25. The first-order valence-electron chi connectivity index (χ1n) is 8.19. The highest BCUT2D eigenvalue weighted by molar-refractivity contribution is 7.88. The average molecular weight is 333 g/mol. The first kappa shape index (κ1) is 19.4. The molecular formula is C15H31N3O3S. The van der Waals surface area contributed by atoms with Gasteiger partial charge in [0.05, 0.1) is 6.26 Å². The summed E-state index contributed by atoms with van der Waals surface area (Å²) in [6.45, 7) is 11.4. The smallest absolute Gasteiger partial charge is 0.223 e. The number of hydrogen-bond acceptors (Lipinski definition) is 4. The van der Waals surface area contributed by atoms with Crippen molar-refractivity contribution in [1.29, 1.82) is 0 Å². The first-order chi connectivity index (χ1) is 10.2. The van der Waals surface area contributed by atoms with E-state index in [2.05, 4.69) is 25.7 Å². The van der Waals surface area contributed by atoms with Gasteiger partial charge in [-0.25, -0.2) is 12.7 Å². The van der Waals surface area contributed by atoms with Crippen LogP contribution in [0.1, 0.15) is 33.6 Å². The van der Waals surface area contributed by atoms with Gasteiger partial charge in [-0.05, 0) is 18.9 Å². The molecule has 6 nitrogen and oxygen atoms in total. The molecule has 0 aliphatic carbocycles. The minimum absolute atomic E-state index is 0.0638. The lowest BCUT2D eigenvalue weighted by Crippen LogP contribution is -2.49. The fraction of sp³-hybridized carbons (Fsp3) is 0.933. The fourth-order valence-electron chi connectivity index (χ4n) is 2.54. The van der Waals surface area contributed by atoms with E-state index in [0.29, 0.717) is 19.0 Å². The Morgan fingerprint density at radius 3 is 2.18 bits per heavy atom. The molecule has 0 spiro atoms. The Kier molecular flexibility index (Phi) is 7.79. The van der Waals surface area contributed by atoms with Gasteiger partial charge in [0.25, 0.3) is 0 Å². The molecular weight excluding hydrogens is 302 g/mol. The van der Waals surface area contributed by atoms with E-state index in [0.717, 1.165) is 39.1 Å². The Hall–Kier alpha value is -0.660. The number of piperazine rings is 1. The van der Waals surface area contributed by atoms with Crippen LogP contribution in [0.3, 0.4) is 0 Å². The van der Waals surface area contributed by atoms with E-state index < -0.39 is 10.0 Å². The van der Waals surface area contributed by atoms with Gasteiger partial charge in [-0.1, -0.05) is 20.8 Å². The minimum atomic E-state index is -3.25. The zero-order chi connectivity index (χ0) is 16.8. The van der Waals surface area contributed by atoms with Crippen LogP contribution in [0.5, 0.6) is 0 Å². The molecule has 1 rings (SSSR count). The summed E-state index contributed by atoms with van der Waals surface area (Å²) in [6.07, 6.45) is 2.31. The van der Waals surface area contributed by atoms with Crippen molar-refractivity contribution < 1.29 is 13.2 Å². The summed E-state index contributed by atoms with van der Waals surface area (Å²) in [5.74, 6) is 0.510. The quantitative estimate of drug-likeness (QED) is 0.661. The molecule has 0 bridgehead atoms. The molecule has 0 radical (unpaired) electrons. The van der Waals surface area contributed by atoms with Gasteiger partial charge in [-0.2, -0.15) is 0 Å². The van der Waals surface area contributed by atoms with Crippen LogP contribution < -0.4 is 0 Å². The van der Waals surface area contributed by atoms with E-state index in [1.807, 2.05) is 4.90 Å². The van der Waals surface area contributed by atoms with Crippen molar-refractivity contribution in [2.45, 2.75) is 33.6 Å². The van der Waals surface area contributed by atoms with Gasteiger partial charge in [0.2, 0.25) is 15.9 Å². The Morgan fingerprint density at radius 1 is 1.14 bits per heavy atom. The molecule has 1 saturated heterocycles. The normalized spacial score (nSPS) is 17.5. The van der Waals surface area contributed by atoms with E-state index in [9.17, 15) is 13.2 Å². The van der Waals surface area contributed by atoms with Crippen LogP contribution in [0, 0.1) is 5.92 Å². The summed E-state index contributed by atoms with van der Waals surface area (Å²) in [6, 6.07) is 0. The fourth-order valence-corrected chi connectivity index (χ4v) is 3.40. The highest BCUT2D eigenvalue weighted by Crippen LogP contribution is 2.09. The summed E-state index contributed by atoms with van der Waals surface area (Å²) in [4.78, 5) is 16.4. The largest absolute Gasteiger partial charge is 0.340 e. The third kappa shape index (κ3) is 6.62. The number of sulfonamides is 1. The zero-order valence-corrected chi connectivity index (χ0v) is 15.2. The van der Waals surface area contributed by atoms with E-state index in [4.69, 9.17) is 0 Å². The maximum Gasteiger partial charge on any atom is 0.223 e. The van der Waals surface area contributed by atoms with Crippen molar-refractivity contribution in [2.75, 3.05) is 52.1 Å². The van der Waals surface area contributed by atoms with Crippen LogP contribution in [-0.4, -0.2) is 80.5 Å². The molecule has 0 aromatic carbocycles. The molecule has 1 amide bonds. The maximum atomic E-state index is 12.2. The lowest BCUT2D eigenvalue weighted by Gasteiger charge is -2.34. The molecule has 0 atom stereocenters. The van der Waals surface area contributed by atoms with Crippen LogP contribution in [0.25, 0.3) is 0 Å². The highest BCUT2D eigenvalue weighted by atomic mass is 32.2. The molecule has 1 aliphatic rings. The number of rotatable bonds is 8. The van der Waals surface area contributed by atoms with E-state index in [-0.39, 0.29) is 12.3 Å². The molecule has 1 aliphatic heterocycles. The van der Waals surface area contributed by atoms with Crippen LogP contribution in [0.2, 0.25) is 0 Å². The number of carbonyl (C=O) groups excluding carboxylic acids is 1. The molecule has 0 aromatic rings. The van der Waals surface area contributed by atoms with Crippen molar-refractivity contribution in [3.63, 3.8) is 0 Å². The SMILES string of the molecule is CCN1CCN(C(=O)CCN(CCC(C)C)S(C)(=O)=O)CC1. The molecule has 1 fully saturated rings. The Morgan fingerprint density at radius 2 is 1.73 bits per heavy atom. The van der Waals surface area contributed by atoms with E-state index in [1.54, 1.807) is 0 Å². The van der Waals surface area contributed by atoms with Crippen molar-refractivity contribution in [3.05, 3.63) is 0 Å².